The number of amides is 1. The van der Waals surface area contributed by atoms with E-state index in [4.69, 9.17) is 16.3 Å². The van der Waals surface area contributed by atoms with E-state index in [1.54, 1.807) is 7.11 Å². The normalized spacial score (nSPS) is 18.9. The highest BCUT2D eigenvalue weighted by Gasteiger charge is 2.33. The Labute approximate surface area is 190 Å². The third-order valence-corrected chi connectivity index (χ3v) is 6.50. The Balaban J connectivity index is 1.28. The maximum absolute atomic E-state index is 12.9. The minimum absolute atomic E-state index is 0.104. The standard InChI is InChI=1S/C25H32ClN3O2/c1-31-23-11-7-21(8-12-23)25(20-5-6-20)27-24(30)18-29-14-2-13-28(15-16-29)17-19-3-9-22(26)10-4-19/h3-4,7-12,20,25H,2,5-6,13-18H2,1H3,(H,27,30). The van der Waals surface area contributed by atoms with Crippen LogP contribution in [0.15, 0.2) is 48.5 Å². The van der Waals surface area contributed by atoms with Gasteiger partial charge in [-0.1, -0.05) is 35.9 Å². The molecule has 1 saturated carbocycles. The first-order chi connectivity index (χ1) is 15.1. The van der Waals surface area contributed by atoms with Crippen molar-refractivity contribution in [1.29, 1.82) is 0 Å². The summed E-state index contributed by atoms with van der Waals surface area (Å²) in [5.74, 6) is 1.52. The average molecular weight is 442 g/mol. The summed E-state index contributed by atoms with van der Waals surface area (Å²) in [5, 5.41) is 4.08. The van der Waals surface area contributed by atoms with Gasteiger partial charge in [-0.05, 0) is 73.7 Å². The van der Waals surface area contributed by atoms with E-state index in [0.29, 0.717) is 12.5 Å². The number of hydrogen-bond donors (Lipinski definition) is 1. The van der Waals surface area contributed by atoms with E-state index in [2.05, 4.69) is 39.4 Å². The molecule has 1 unspecified atom stereocenters. The molecule has 1 aliphatic heterocycles. The van der Waals surface area contributed by atoms with E-state index in [1.165, 1.54) is 24.0 Å². The third-order valence-electron chi connectivity index (χ3n) is 6.25. The summed E-state index contributed by atoms with van der Waals surface area (Å²) >= 11 is 6.00. The lowest BCUT2D eigenvalue weighted by Crippen LogP contribution is -2.41. The van der Waals surface area contributed by atoms with E-state index in [-0.39, 0.29) is 11.9 Å². The molecule has 4 rings (SSSR count). The van der Waals surface area contributed by atoms with Crippen LogP contribution >= 0.6 is 11.6 Å². The Bertz CT molecular complexity index is 852. The molecule has 1 amide bonds. The second-order valence-electron chi connectivity index (χ2n) is 8.69. The minimum Gasteiger partial charge on any atom is -0.497 e. The highest BCUT2D eigenvalue weighted by molar-refractivity contribution is 6.30. The Morgan fingerprint density at radius 2 is 1.71 bits per heavy atom. The van der Waals surface area contributed by atoms with E-state index in [1.807, 2.05) is 24.3 Å². The van der Waals surface area contributed by atoms with Crippen LogP contribution in [-0.2, 0) is 11.3 Å². The molecule has 2 aromatic carbocycles. The summed E-state index contributed by atoms with van der Waals surface area (Å²) in [6.45, 7) is 5.29. The molecule has 0 spiro atoms. The number of halogens is 1. The van der Waals surface area contributed by atoms with Gasteiger partial charge < -0.3 is 10.1 Å². The molecule has 31 heavy (non-hydrogen) atoms. The molecule has 1 saturated heterocycles. The highest BCUT2D eigenvalue weighted by atomic mass is 35.5. The van der Waals surface area contributed by atoms with E-state index in [9.17, 15) is 4.79 Å². The molecule has 6 heteroatoms. The smallest absolute Gasteiger partial charge is 0.234 e. The van der Waals surface area contributed by atoms with E-state index >= 15 is 0 Å². The first-order valence-corrected chi connectivity index (χ1v) is 11.6. The summed E-state index contributed by atoms with van der Waals surface area (Å²) in [4.78, 5) is 17.6. The maximum atomic E-state index is 12.9. The van der Waals surface area contributed by atoms with Crippen LogP contribution in [0, 0.1) is 5.92 Å². The largest absolute Gasteiger partial charge is 0.497 e. The van der Waals surface area contributed by atoms with Crippen molar-refractivity contribution < 1.29 is 9.53 Å². The molecule has 0 radical (unpaired) electrons. The van der Waals surface area contributed by atoms with Crippen molar-refractivity contribution in [2.45, 2.75) is 31.8 Å². The van der Waals surface area contributed by atoms with Crippen molar-refractivity contribution in [3.63, 3.8) is 0 Å². The highest BCUT2D eigenvalue weighted by Crippen LogP contribution is 2.41. The molecule has 1 atom stereocenters. The van der Waals surface area contributed by atoms with Gasteiger partial charge in [0.05, 0.1) is 19.7 Å². The molecule has 1 heterocycles. The van der Waals surface area contributed by atoms with Gasteiger partial charge in [-0.25, -0.2) is 0 Å². The zero-order chi connectivity index (χ0) is 21.6. The van der Waals surface area contributed by atoms with Gasteiger partial charge in [-0.15, -0.1) is 0 Å². The number of carbonyl (C=O) groups is 1. The lowest BCUT2D eigenvalue weighted by atomic mass is 10.0. The monoisotopic (exact) mass is 441 g/mol. The van der Waals surface area contributed by atoms with Gasteiger partial charge >= 0.3 is 0 Å². The molecular formula is C25H32ClN3O2. The van der Waals surface area contributed by atoms with Gasteiger partial charge in [0.2, 0.25) is 5.91 Å². The molecule has 1 N–H and O–H groups in total. The summed E-state index contributed by atoms with van der Waals surface area (Å²) in [7, 11) is 1.67. The van der Waals surface area contributed by atoms with Crippen molar-refractivity contribution in [1.82, 2.24) is 15.1 Å². The molecule has 1 aliphatic carbocycles. The zero-order valence-corrected chi connectivity index (χ0v) is 19.0. The zero-order valence-electron chi connectivity index (χ0n) is 18.2. The predicted octanol–water partition coefficient (Wildman–Crippen LogP) is 4.12. The average Bonchev–Trinajstić information content (AvgIpc) is 3.63. The first kappa shape index (κ1) is 22.1. The fraction of sp³-hybridized carbons (Fsp3) is 0.480. The number of ether oxygens (including phenoxy) is 1. The number of hydrogen-bond acceptors (Lipinski definition) is 4. The molecular weight excluding hydrogens is 410 g/mol. The molecule has 2 fully saturated rings. The van der Waals surface area contributed by atoms with Crippen molar-refractivity contribution in [2.24, 2.45) is 5.92 Å². The summed E-state index contributed by atoms with van der Waals surface area (Å²) in [5.41, 5.74) is 2.45. The van der Waals surface area contributed by atoms with Crippen molar-refractivity contribution in [2.75, 3.05) is 39.8 Å². The number of nitrogens with one attached hydrogen (secondary N) is 1. The SMILES string of the molecule is COc1ccc(C(NC(=O)CN2CCCN(Cc3ccc(Cl)cc3)CC2)C2CC2)cc1. The Kier molecular flexibility index (Phi) is 7.49. The van der Waals surface area contributed by atoms with Gasteiger partial charge in [-0.3, -0.25) is 14.6 Å². The third kappa shape index (κ3) is 6.45. The van der Waals surface area contributed by atoms with Crippen molar-refractivity contribution >= 4 is 17.5 Å². The summed E-state index contributed by atoms with van der Waals surface area (Å²) in [6.07, 6.45) is 3.44. The van der Waals surface area contributed by atoms with Crippen LogP contribution in [0.25, 0.3) is 0 Å². The lowest BCUT2D eigenvalue weighted by Gasteiger charge is -2.24. The van der Waals surface area contributed by atoms with Crippen molar-refractivity contribution in [3.8, 4) is 5.75 Å². The van der Waals surface area contributed by atoms with E-state index < -0.39 is 0 Å². The molecule has 2 aromatic rings. The Morgan fingerprint density at radius 3 is 2.39 bits per heavy atom. The van der Waals surface area contributed by atoms with Crippen LogP contribution in [0.3, 0.4) is 0 Å². The number of carbonyl (C=O) groups excluding carboxylic acids is 1. The summed E-state index contributed by atoms with van der Waals surface area (Å²) in [6, 6.07) is 16.3. The molecule has 5 nitrogen and oxygen atoms in total. The molecule has 166 valence electrons. The molecule has 0 aromatic heterocycles. The van der Waals surface area contributed by atoms with Crippen LogP contribution in [-0.4, -0.2) is 55.5 Å². The van der Waals surface area contributed by atoms with E-state index in [0.717, 1.165) is 49.9 Å². The van der Waals surface area contributed by atoms with Gasteiger partial charge in [0, 0.05) is 24.7 Å². The Hall–Kier alpha value is -2.08. The van der Waals surface area contributed by atoms with Gasteiger partial charge in [0.15, 0.2) is 0 Å². The lowest BCUT2D eigenvalue weighted by molar-refractivity contribution is -0.123. The number of nitrogens with zero attached hydrogens (tertiary/aromatic N) is 2. The number of methoxy groups -OCH3 is 1. The second-order valence-corrected chi connectivity index (χ2v) is 9.12. The van der Waals surface area contributed by atoms with Crippen LogP contribution in [0.4, 0.5) is 0 Å². The topological polar surface area (TPSA) is 44.8 Å². The predicted molar refractivity (Wildman–Crippen MR) is 124 cm³/mol. The fourth-order valence-electron chi connectivity index (χ4n) is 4.32. The van der Waals surface area contributed by atoms with Crippen LogP contribution in [0.5, 0.6) is 5.75 Å². The van der Waals surface area contributed by atoms with Crippen LogP contribution in [0.2, 0.25) is 5.02 Å². The Morgan fingerprint density at radius 1 is 1.03 bits per heavy atom. The first-order valence-electron chi connectivity index (χ1n) is 11.2. The van der Waals surface area contributed by atoms with Crippen molar-refractivity contribution in [3.05, 3.63) is 64.7 Å². The number of rotatable bonds is 8. The summed E-state index contributed by atoms with van der Waals surface area (Å²) < 4.78 is 5.27. The van der Waals surface area contributed by atoms with Gasteiger partial charge in [-0.2, -0.15) is 0 Å². The molecule has 0 bridgehead atoms. The van der Waals surface area contributed by atoms with Crippen LogP contribution in [0.1, 0.15) is 36.4 Å². The van der Waals surface area contributed by atoms with Gasteiger partial charge in [0.25, 0.3) is 0 Å². The van der Waals surface area contributed by atoms with Gasteiger partial charge in [0.1, 0.15) is 5.75 Å². The second kappa shape index (κ2) is 10.5. The quantitative estimate of drug-likeness (QED) is 0.669. The fourth-order valence-corrected chi connectivity index (χ4v) is 4.45. The maximum Gasteiger partial charge on any atom is 0.234 e. The minimum atomic E-state index is 0.104. The number of benzene rings is 2. The molecule has 2 aliphatic rings. The van der Waals surface area contributed by atoms with Crippen LogP contribution < -0.4 is 10.1 Å².